The molecule has 0 radical (unpaired) electrons. The van der Waals surface area contributed by atoms with Gasteiger partial charge in [0.15, 0.2) is 0 Å². The van der Waals surface area contributed by atoms with E-state index < -0.39 is 0 Å². The van der Waals surface area contributed by atoms with Gasteiger partial charge in [0.2, 0.25) is 0 Å². The summed E-state index contributed by atoms with van der Waals surface area (Å²) in [7, 11) is 0. The van der Waals surface area contributed by atoms with Crippen LogP contribution in [0.3, 0.4) is 0 Å². The van der Waals surface area contributed by atoms with Gasteiger partial charge in [0.25, 0.3) is 0 Å². The molecule has 104 valence electrons. The van der Waals surface area contributed by atoms with Crippen LogP contribution < -0.4 is 10.5 Å². The number of carbonyl (C=O) groups excluding carboxylic acids is 1. The van der Waals surface area contributed by atoms with Gasteiger partial charge in [-0.1, -0.05) is 39.0 Å². The zero-order valence-corrected chi connectivity index (χ0v) is 12.0. The van der Waals surface area contributed by atoms with E-state index in [1.165, 1.54) is 5.56 Å². The van der Waals surface area contributed by atoms with Crippen molar-refractivity contribution in [3.05, 3.63) is 59.7 Å². The molecule has 3 nitrogen and oxygen atoms in total. The fraction of sp³-hybridized carbons (Fsp3) is 0.235. The van der Waals surface area contributed by atoms with Crippen molar-refractivity contribution in [1.82, 2.24) is 0 Å². The van der Waals surface area contributed by atoms with E-state index in [9.17, 15) is 4.79 Å². The quantitative estimate of drug-likeness (QED) is 0.512. The highest BCUT2D eigenvalue weighted by atomic mass is 16.5. The molecule has 0 saturated carbocycles. The van der Waals surface area contributed by atoms with E-state index >= 15 is 0 Å². The lowest BCUT2D eigenvalue weighted by Gasteiger charge is -2.18. The summed E-state index contributed by atoms with van der Waals surface area (Å²) in [6.45, 7) is 6.40. The third-order valence-electron chi connectivity index (χ3n) is 3.06. The Labute approximate surface area is 119 Å². The van der Waals surface area contributed by atoms with Gasteiger partial charge in [0.1, 0.15) is 5.75 Å². The Balaban J connectivity index is 2.14. The molecule has 0 fully saturated rings. The average Bonchev–Trinajstić information content (AvgIpc) is 2.38. The molecule has 0 unspecified atom stereocenters. The van der Waals surface area contributed by atoms with Crippen molar-refractivity contribution in [2.45, 2.75) is 26.2 Å². The molecule has 0 aliphatic carbocycles. The summed E-state index contributed by atoms with van der Waals surface area (Å²) >= 11 is 0. The fourth-order valence-electron chi connectivity index (χ4n) is 1.85. The summed E-state index contributed by atoms with van der Waals surface area (Å²) in [5.74, 6) is 0.0750. The summed E-state index contributed by atoms with van der Waals surface area (Å²) in [6, 6.07) is 14.3. The second-order valence-electron chi connectivity index (χ2n) is 5.79. The number of hydrogen-bond acceptors (Lipinski definition) is 3. The molecule has 3 heteroatoms. The Morgan fingerprint density at radius 3 is 2.25 bits per heavy atom. The SMILES string of the molecule is CC(C)(C)c1ccc(C(=O)Oc2cccc(N)c2)cc1. The lowest BCUT2D eigenvalue weighted by atomic mass is 9.87. The van der Waals surface area contributed by atoms with E-state index in [1.807, 2.05) is 12.1 Å². The highest BCUT2D eigenvalue weighted by molar-refractivity contribution is 5.91. The predicted octanol–water partition coefficient (Wildman–Crippen LogP) is 3.79. The number of ether oxygens (including phenoxy) is 1. The normalized spacial score (nSPS) is 11.2. The highest BCUT2D eigenvalue weighted by Crippen LogP contribution is 2.23. The van der Waals surface area contributed by atoms with Crippen LogP contribution >= 0.6 is 0 Å². The molecule has 0 heterocycles. The average molecular weight is 269 g/mol. The standard InChI is InChI=1S/C17H19NO2/c1-17(2,3)13-9-7-12(8-10-13)16(19)20-15-6-4-5-14(18)11-15/h4-11H,18H2,1-3H3. The molecule has 2 rings (SSSR count). The van der Waals surface area contributed by atoms with Crippen molar-refractivity contribution < 1.29 is 9.53 Å². The minimum Gasteiger partial charge on any atom is -0.423 e. The van der Waals surface area contributed by atoms with E-state index in [1.54, 1.807) is 36.4 Å². The van der Waals surface area contributed by atoms with Crippen molar-refractivity contribution in [1.29, 1.82) is 0 Å². The van der Waals surface area contributed by atoms with Crippen LogP contribution in [0.1, 0.15) is 36.7 Å². The monoisotopic (exact) mass is 269 g/mol. The topological polar surface area (TPSA) is 52.3 Å². The van der Waals surface area contributed by atoms with Crippen LogP contribution in [-0.2, 0) is 5.41 Å². The lowest BCUT2D eigenvalue weighted by molar-refractivity contribution is 0.0735. The first-order valence-electron chi connectivity index (χ1n) is 6.54. The first kappa shape index (κ1) is 14.1. The number of hydrogen-bond donors (Lipinski definition) is 1. The Morgan fingerprint density at radius 1 is 1.05 bits per heavy atom. The van der Waals surface area contributed by atoms with E-state index in [0.717, 1.165) is 0 Å². The molecule has 0 saturated heterocycles. The number of carbonyl (C=O) groups is 1. The number of nitrogen functional groups attached to an aromatic ring is 1. The molecular weight excluding hydrogens is 250 g/mol. The molecule has 20 heavy (non-hydrogen) atoms. The number of nitrogens with two attached hydrogens (primary N) is 1. The Kier molecular flexibility index (Phi) is 3.79. The van der Waals surface area contributed by atoms with Gasteiger partial charge in [-0.15, -0.1) is 0 Å². The van der Waals surface area contributed by atoms with E-state index in [2.05, 4.69) is 20.8 Å². The largest absolute Gasteiger partial charge is 0.423 e. The predicted molar refractivity (Wildman–Crippen MR) is 81.0 cm³/mol. The highest BCUT2D eigenvalue weighted by Gasteiger charge is 2.15. The maximum atomic E-state index is 12.0. The summed E-state index contributed by atoms with van der Waals surface area (Å²) in [6.07, 6.45) is 0. The summed E-state index contributed by atoms with van der Waals surface area (Å²) in [5.41, 5.74) is 7.99. The van der Waals surface area contributed by atoms with Crippen LogP contribution in [0, 0.1) is 0 Å². The van der Waals surface area contributed by atoms with E-state index in [0.29, 0.717) is 17.0 Å². The van der Waals surface area contributed by atoms with Crippen LogP contribution in [0.2, 0.25) is 0 Å². The molecule has 0 aliphatic heterocycles. The number of rotatable bonds is 2. The zero-order chi connectivity index (χ0) is 14.8. The Hall–Kier alpha value is -2.29. The van der Waals surface area contributed by atoms with Gasteiger partial charge in [0, 0.05) is 11.8 Å². The van der Waals surface area contributed by atoms with Crippen LogP contribution in [0.15, 0.2) is 48.5 Å². The first-order chi connectivity index (χ1) is 9.36. The Morgan fingerprint density at radius 2 is 1.70 bits per heavy atom. The molecule has 0 spiro atoms. The van der Waals surface area contributed by atoms with Gasteiger partial charge in [0.05, 0.1) is 5.56 Å². The second kappa shape index (κ2) is 5.37. The van der Waals surface area contributed by atoms with Crippen LogP contribution in [0.5, 0.6) is 5.75 Å². The maximum absolute atomic E-state index is 12.0. The molecule has 0 amide bonds. The minimum atomic E-state index is -0.379. The van der Waals surface area contributed by atoms with Gasteiger partial charge >= 0.3 is 5.97 Å². The smallest absolute Gasteiger partial charge is 0.343 e. The molecular formula is C17H19NO2. The van der Waals surface area contributed by atoms with Crippen molar-refractivity contribution in [3.8, 4) is 5.75 Å². The third-order valence-corrected chi connectivity index (χ3v) is 3.06. The Bertz CT molecular complexity index is 610. The fourth-order valence-corrected chi connectivity index (χ4v) is 1.85. The van der Waals surface area contributed by atoms with Crippen LogP contribution in [-0.4, -0.2) is 5.97 Å². The molecule has 0 atom stereocenters. The first-order valence-corrected chi connectivity index (χ1v) is 6.54. The van der Waals surface area contributed by atoms with Gasteiger partial charge in [-0.25, -0.2) is 4.79 Å². The minimum absolute atomic E-state index is 0.0658. The summed E-state index contributed by atoms with van der Waals surface area (Å²) < 4.78 is 5.29. The van der Waals surface area contributed by atoms with E-state index in [-0.39, 0.29) is 11.4 Å². The molecule has 0 aliphatic rings. The van der Waals surface area contributed by atoms with E-state index in [4.69, 9.17) is 10.5 Å². The summed E-state index contributed by atoms with van der Waals surface area (Å²) in [5, 5.41) is 0. The molecule has 0 aromatic heterocycles. The van der Waals surface area contributed by atoms with Crippen molar-refractivity contribution in [2.75, 3.05) is 5.73 Å². The third kappa shape index (κ3) is 3.38. The van der Waals surface area contributed by atoms with Crippen molar-refractivity contribution in [3.63, 3.8) is 0 Å². The molecule has 2 N–H and O–H groups in total. The van der Waals surface area contributed by atoms with Crippen LogP contribution in [0.25, 0.3) is 0 Å². The number of benzene rings is 2. The van der Waals surface area contributed by atoms with Gasteiger partial charge in [-0.05, 0) is 35.2 Å². The number of esters is 1. The van der Waals surface area contributed by atoms with Crippen molar-refractivity contribution >= 4 is 11.7 Å². The van der Waals surface area contributed by atoms with Crippen molar-refractivity contribution in [2.24, 2.45) is 0 Å². The lowest BCUT2D eigenvalue weighted by Crippen LogP contribution is -2.13. The molecule has 2 aromatic carbocycles. The molecule has 0 bridgehead atoms. The van der Waals surface area contributed by atoms with Gasteiger partial charge < -0.3 is 10.5 Å². The second-order valence-corrected chi connectivity index (χ2v) is 5.79. The van der Waals surface area contributed by atoms with Crippen LogP contribution in [0.4, 0.5) is 5.69 Å². The van der Waals surface area contributed by atoms with Gasteiger partial charge in [-0.3, -0.25) is 0 Å². The maximum Gasteiger partial charge on any atom is 0.343 e. The van der Waals surface area contributed by atoms with Gasteiger partial charge in [-0.2, -0.15) is 0 Å². The number of anilines is 1. The summed E-state index contributed by atoms with van der Waals surface area (Å²) in [4.78, 5) is 12.0. The molecule has 2 aromatic rings. The zero-order valence-electron chi connectivity index (χ0n) is 12.0.